The Kier molecular flexibility index (Phi) is 5.39. The zero-order chi connectivity index (χ0) is 14.4. The molecule has 1 aromatic heterocycles. The molecule has 1 aliphatic rings. The fraction of sp³-hybridized carbons (Fsp3) is 0.625. The van der Waals surface area contributed by atoms with Crippen molar-refractivity contribution in [3.63, 3.8) is 0 Å². The first kappa shape index (κ1) is 14.8. The van der Waals surface area contributed by atoms with Gasteiger partial charge in [0.25, 0.3) is 0 Å². The Morgan fingerprint density at radius 1 is 1.30 bits per heavy atom. The maximum atomic E-state index is 11.5. The Balaban J connectivity index is 1.86. The molecule has 4 heteroatoms. The van der Waals surface area contributed by atoms with Crippen molar-refractivity contribution in [2.45, 2.75) is 52.0 Å². The second-order valence-corrected chi connectivity index (χ2v) is 5.42. The number of esters is 1. The molecule has 4 nitrogen and oxygen atoms in total. The molecular weight excluding hydrogens is 252 g/mol. The lowest BCUT2D eigenvalue weighted by Gasteiger charge is -2.28. The number of hydrogen-bond acceptors (Lipinski definition) is 4. The minimum atomic E-state index is -0.310. The highest BCUT2D eigenvalue weighted by atomic mass is 16.5. The molecule has 0 saturated heterocycles. The lowest BCUT2D eigenvalue weighted by atomic mass is 9.84. The molecule has 1 saturated carbocycles. The summed E-state index contributed by atoms with van der Waals surface area (Å²) < 4.78 is 4.94. The highest BCUT2D eigenvalue weighted by molar-refractivity contribution is 5.89. The maximum absolute atomic E-state index is 11.5. The first-order valence-corrected chi connectivity index (χ1v) is 7.62. The van der Waals surface area contributed by atoms with E-state index >= 15 is 0 Å². The molecule has 1 aliphatic carbocycles. The molecular formula is C16H24N2O2. The molecule has 2 rings (SSSR count). The van der Waals surface area contributed by atoms with Gasteiger partial charge in [-0.1, -0.05) is 13.3 Å². The third-order valence-corrected chi connectivity index (χ3v) is 4.05. The summed E-state index contributed by atoms with van der Waals surface area (Å²) in [7, 11) is 0. The van der Waals surface area contributed by atoms with Crippen molar-refractivity contribution in [2.24, 2.45) is 5.92 Å². The van der Waals surface area contributed by atoms with Crippen LogP contribution in [-0.4, -0.2) is 23.6 Å². The van der Waals surface area contributed by atoms with Gasteiger partial charge in [0.15, 0.2) is 0 Å². The highest BCUT2D eigenvalue weighted by Gasteiger charge is 2.20. The molecule has 0 aliphatic heterocycles. The van der Waals surface area contributed by atoms with Crippen LogP contribution in [0, 0.1) is 5.92 Å². The van der Waals surface area contributed by atoms with Gasteiger partial charge in [-0.15, -0.1) is 0 Å². The third kappa shape index (κ3) is 3.95. The Morgan fingerprint density at radius 2 is 2.05 bits per heavy atom. The van der Waals surface area contributed by atoms with E-state index < -0.39 is 0 Å². The van der Waals surface area contributed by atoms with Crippen LogP contribution in [-0.2, 0) is 4.74 Å². The number of rotatable bonds is 5. The number of hydrogen-bond donors (Lipinski definition) is 1. The smallest absolute Gasteiger partial charge is 0.339 e. The SMILES string of the molecule is CCOC(=O)c1ccc(NC2CCC(CC)CC2)nc1. The fourth-order valence-electron chi connectivity index (χ4n) is 2.74. The average Bonchev–Trinajstić information content (AvgIpc) is 2.49. The van der Waals surface area contributed by atoms with Crippen LogP contribution in [0.2, 0.25) is 0 Å². The maximum Gasteiger partial charge on any atom is 0.339 e. The van der Waals surface area contributed by atoms with E-state index in [4.69, 9.17) is 4.74 Å². The lowest BCUT2D eigenvalue weighted by molar-refractivity contribution is 0.0526. The van der Waals surface area contributed by atoms with Crippen molar-refractivity contribution in [3.05, 3.63) is 23.9 Å². The largest absolute Gasteiger partial charge is 0.462 e. The van der Waals surface area contributed by atoms with Gasteiger partial charge < -0.3 is 10.1 Å². The van der Waals surface area contributed by atoms with Crippen molar-refractivity contribution in [3.8, 4) is 0 Å². The van der Waals surface area contributed by atoms with Crippen LogP contribution < -0.4 is 5.32 Å². The Hall–Kier alpha value is -1.58. The van der Waals surface area contributed by atoms with Gasteiger partial charge in [0, 0.05) is 12.2 Å². The van der Waals surface area contributed by atoms with Gasteiger partial charge in [0.05, 0.1) is 12.2 Å². The number of nitrogens with zero attached hydrogens (tertiary/aromatic N) is 1. The monoisotopic (exact) mass is 276 g/mol. The molecule has 0 amide bonds. The van der Waals surface area contributed by atoms with E-state index in [0.717, 1.165) is 11.7 Å². The lowest BCUT2D eigenvalue weighted by Crippen LogP contribution is -2.26. The molecule has 20 heavy (non-hydrogen) atoms. The summed E-state index contributed by atoms with van der Waals surface area (Å²) in [6.07, 6.45) is 7.89. The second-order valence-electron chi connectivity index (χ2n) is 5.42. The molecule has 0 aromatic carbocycles. The molecule has 1 fully saturated rings. The van der Waals surface area contributed by atoms with E-state index in [0.29, 0.717) is 18.2 Å². The van der Waals surface area contributed by atoms with Crippen molar-refractivity contribution < 1.29 is 9.53 Å². The number of pyridine rings is 1. The highest BCUT2D eigenvalue weighted by Crippen LogP contribution is 2.28. The summed E-state index contributed by atoms with van der Waals surface area (Å²) in [6.45, 7) is 4.46. The van der Waals surface area contributed by atoms with Crippen molar-refractivity contribution in [2.75, 3.05) is 11.9 Å². The molecule has 110 valence electrons. The predicted molar refractivity (Wildman–Crippen MR) is 79.9 cm³/mol. The summed E-state index contributed by atoms with van der Waals surface area (Å²) in [6, 6.07) is 4.14. The molecule has 0 spiro atoms. The Labute approximate surface area is 120 Å². The number of anilines is 1. The zero-order valence-corrected chi connectivity index (χ0v) is 12.4. The van der Waals surface area contributed by atoms with Crippen LogP contribution in [0.5, 0.6) is 0 Å². The first-order chi connectivity index (χ1) is 9.72. The van der Waals surface area contributed by atoms with Crippen molar-refractivity contribution in [1.82, 2.24) is 4.98 Å². The average molecular weight is 276 g/mol. The number of carbonyl (C=O) groups excluding carboxylic acids is 1. The Bertz CT molecular complexity index is 423. The van der Waals surface area contributed by atoms with E-state index in [1.807, 2.05) is 6.07 Å². The molecule has 1 heterocycles. The molecule has 0 atom stereocenters. The topological polar surface area (TPSA) is 51.2 Å². The molecule has 1 N–H and O–H groups in total. The number of ether oxygens (including phenoxy) is 1. The van der Waals surface area contributed by atoms with Crippen molar-refractivity contribution in [1.29, 1.82) is 0 Å². The van der Waals surface area contributed by atoms with Gasteiger partial charge in [-0.3, -0.25) is 0 Å². The summed E-state index contributed by atoms with van der Waals surface area (Å²) in [5, 5.41) is 3.46. The second kappa shape index (κ2) is 7.27. The quantitative estimate of drug-likeness (QED) is 0.834. The summed E-state index contributed by atoms with van der Waals surface area (Å²) >= 11 is 0. The molecule has 0 radical (unpaired) electrons. The van der Waals surface area contributed by atoms with Gasteiger partial charge in [0.2, 0.25) is 0 Å². The molecule has 0 unspecified atom stereocenters. The van der Waals surface area contributed by atoms with Gasteiger partial charge >= 0.3 is 5.97 Å². The van der Waals surface area contributed by atoms with Crippen LogP contribution >= 0.6 is 0 Å². The van der Waals surface area contributed by atoms with Gasteiger partial charge in [-0.25, -0.2) is 9.78 Å². The van der Waals surface area contributed by atoms with Gasteiger partial charge in [-0.05, 0) is 50.7 Å². The van der Waals surface area contributed by atoms with E-state index in [2.05, 4.69) is 17.2 Å². The molecule has 0 bridgehead atoms. The van der Waals surface area contributed by atoms with E-state index in [1.165, 1.54) is 32.1 Å². The fourth-order valence-corrected chi connectivity index (χ4v) is 2.74. The number of aromatic nitrogens is 1. The minimum Gasteiger partial charge on any atom is -0.462 e. The van der Waals surface area contributed by atoms with Crippen LogP contribution in [0.3, 0.4) is 0 Å². The normalized spacial score (nSPS) is 22.3. The Morgan fingerprint density at radius 3 is 2.60 bits per heavy atom. The first-order valence-electron chi connectivity index (χ1n) is 7.62. The van der Waals surface area contributed by atoms with Crippen LogP contribution in [0.4, 0.5) is 5.82 Å². The van der Waals surface area contributed by atoms with Gasteiger partial charge in [-0.2, -0.15) is 0 Å². The van der Waals surface area contributed by atoms with Gasteiger partial charge in [0.1, 0.15) is 5.82 Å². The summed E-state index contributed by atoms with van der Waals surface area (Å²) in [5.74, 6) is 1.43. The standard InChI is InChI=1S/C16H24N2O2/c1-3-12-5-8-14(9-6-12)18-15-10-7-13(11-17-15)16(19)20-4-2/h7,10-12,14H,3-6,8-9H2,1-2H3,(H,17,18). The third-order valence-electron chi connectivity index (χ3n) is 4.05. The van der Waals surface area contributed by atoms with Crippen LogP contribution in [0.25, 0.3) is 0 Å². The van der Waals surface area contributed by atoms with E-state index in [9.17, 15) is 4.79 Å². The van der Waals surface area contributed by atoms with E-state index in [1.54, 1.807) is 19.2 Å². The predicted octanol–water partition coefficient (Wildman–Crippen LogP) is 3.64. The number of carbonyl (C=O) groups is 1. The van der Waals surface area contributed by atoms with Crippen molar-refractivity contribution >= 4 is 11.8 Å². The van der Waals surface area contributed by atoms with E-state index in [-0.39, 0.29) is 5.97 Å². The van der Waals surface area contributed by atoms with Crippen LogP contribution in [0.1, 0.15) is 56.3 Å². The number of nitrogens with one attached hydrogen (secondary N) is 1. The minimum absolute atomic E-state index is 0.310. The molecule has 1 aromatic rings. The van der Waals surface area contributed by atoms with Crippen LogP contribution in [0.15, 0.2) is 18.3 Å². The summed E-state index contributed by atoms with van der Waals surface area (Å²) in [4.78, 5) is 15.8. The summed E-state index contributed by atoms with van der Waals surface area (Å²) in [5.41, 5.74) is 0.507. The zero-order valence-electron chi connectivity index (χ0n) is 12.4.